The minimum Gasteiger partial charge on any atom is -0.481 e. The standard InChI is InChI=1S/C18H15ClN2O4S3/c1-2-10-6-11(17(27-10)21-14(22)7-26-8-15(23)24)16(25)18-20-12-5-9(19)3-4-13(12)28-18/h3-6H,2,7-8H2,1H3,(H,21,22)(H,23,24). The molecule has 146 valence electrons. The highest BCUT2D eigenvalue weighted by Crippen LogP contribution is 2.33. The number of carboxylic acids is 1. The van der Waals surface area contributed by atoms with E-state index in [1.54, 1.807) is 18.2 Å². The number of hydrogen-bond donors (Lipinski definition) is 2. The quantitative estimate of drug-likeness (QED) is 0.484. The van der Waals surface area contributed by atoms with Crippen molar-refractivity contribution in [3.8, 4) is 0 Å². The number of carboxylic acid groups (broad SMARTS) is 1. The molecule has 0 unspecified atom stereocenters. The van der Waals surface area contributed by atoms with Crippen LogP contribution in [0.3, 0.4) is 0 Å². The van der Waals surface area contributed by atoms with E-state index >= 15 is 0 Å². The third kappa shape index (κ3) is 4.91. The van der Waals surface area contributed by atoms with Crippen LogP contribution in [0.5, 0.6) is 0 Å². The molecule has 0 atom stereocenters. The van der Waals surface area contributed by atoms with Crippen LogP contribution in [0, 0.1) is 0 Å². The summed E-state index contributed by atoms with van der Waals surface area (Å²) >= 11 is 9.60. The molecule has 2 heterocycles. The van der Waals surface area contributed by atoms with Crippen LogP contribution >= 0.6 is 46.0 Å². The van der Waals surface area contributed by atoms with E-state index < -0.39 is 5.97 Å². The molecule has 0 bridgehead atoms. The van der Waals surface area contributed by atoms with Gasteiger partial charge in [-0.3, -0.25) is 14.4 Å². The Balaban J connectivity index is 1.83. The fraction of sp³-hybridized carbons (Fsp3) is 0.222. The molecule has 1 amide bonds. The van der Waals surface area contributed by atoms with Crippen LogP contribution in [0.1, 0.15) is 27.2 Å². The molecule has 0 aliphatic carbocycles. The average Bonchev–Trinajstić information content (AvgIpc) is 3.24. The van der Waals surface area contributed by atoms with Gasteiger partial charge in [-0.2, -0.15) is 0 Å². The molecule has 6 nitrogen and oxygen atoms in total. The molecule has 0 spiro atoms. The number of thioether (sulfide) groups is 1. The number of halogens is 1. The Hall–Kier alpha value is -1.94. The number of rotatable bonds is 8. The zero-order chi connectivity index (χ0) is 20.3. The molecule has 0 aliphatic rings. The predicted molar refractivity (Wildman–Crippen MR) is 115 cm³/mol. The number of benzene rings is 1. The SMILES string of the molecule is CCc1cc(C(=O)c2nc3cc(Cl)ccc3s2)c(NC(=O)CSCC(=O)O)s1. The van der Waals surface area contributed by atoms with Gasteiger partial charge in [0.25, 0.3) is 0 Å². The zero-order valence-corrected chi connectivity index (χ0v) is 17.9. The van der Waals surface area contributed by atoms with Gasteiger partial charge in [-0.25, -0.2) is 4.98 Å². The van der Waals surface area contributed by atoms with E-state index in [-0.39, 0.29) is 23.2 Å². The molecule has 28 heavy (non-hydrogen) atoms. The van der Waals surface area contributed by atoms with Gasteiger partial charge < -0.3 is 10.4 Å². The molecule has 2 N–H and O–H groups in total. The van der Waals surface area contributed by atoms with Crippen LogP contribution in [0.15, 0.2) is 24.3 Å². The van der Waals surface area contributed by atoms with E-state index in [4.69, 9.17) is 16.7 Å². The average molecular weight is 455 g/mol. The zero-order valence-electron chi connectivity index (χ0n) is 14.7. The molecule has 0 radical (unpaired) electrons. The van der Waals surface area contributed by atoms with Gasteiger partial charge in [0.05, 0.1) is 27.3 Å². The molecule has 0 saturated heterocycles. The van der Waals surface area contributed by atoms with Crippen molar-refractivity contribution in [1.82, 2.24) is 4.98 Å². The Kier molecular flexibility index (Phi) is 6.71. The maximum absolute atomic E-state index is 13.0. The van der Waals surface area contributed by atoms with Crippen molar-refractivity contribution >= 4 is 78.9 Å². The second-order valence-corrected chi connectivity index (χ2v) is 9.29. The van der Waals surface area contributed by atoms with E-state index in [0.717, 1.165) is 27.8 Å². The van der Waals surface area contributed by atoms with Crippen molar-refractivity contribution in [2.45, 2.75) is 13.3 Å². The number of anilines is 1. The number of aliphatic carboxylic acids is 1. The highest BCUT2D eigenvalue weighted by molar-refractivity contribution is 8.00. The third-order valence-corrected chi connectivity index (χ3v) is 7.01. The summed E-state index contributed by atoms with van der Waals surface area (Å²) in [6.07, 6.45) is 0.726. The maximum Gasteiger partial charge on any atom is 0.313 e. The second-order valence-electron chi connectivity index (χ2n) is 5.70. The van der Waals surface area contributed by atoms with E-state index in [0.29, 0.717) is 26.1 Å². The normalized spacial score (nSPS) is 10.9. The van der Waals surface area contributed by atoms with Crippen molar-refractivity contribution in [3.05, 3.63) is 44.7 Å². The van der Waals surface area contributed by atoms with E-state index in [2.05, 4.69) is 10.3 Å². The lowest BCUT2D eigenvalue weighted by molar-refractivity contribution is -0.133. The molecular formula is C18H15ClN2O4S3. The summed E-state index contributed by atoms with van der Waals surface area (Å²) in [5.74, 6) is -1.74. The fourth-order valence-corrected chi connectivity index (χ4v) is 4.99. The van der Waals surface area contributed by atoms with Crippen LogP contribution in [0.2, 0.25) is 5.02 Å². The van der Waals surface area contributed by atoms with E-state index in [9.17, 15) is 14.4 Å². The second kappa shape index (κ2) is 9.04. The monoisotopic (exact) mass is 454 g/mol. The van der Waals surface area contributed by atoms with Crippen molar-refractivity contribution < 1.29 is 19.5 Å². The number of nitrogens with one attached hydrogen (secondary N) is 1. The number of amides is 1. The van der Waals surface area contributed by atoms with E-state index in [1.165, 1.54) is 22.7 Å². The van der Waals surface area contributed by atoms with Crippen molar-refractivity contribution in [2.75, 3.05) is 16.8 Å². The summed E-state index contributed by atoms with van der Waals surface area (Å²) in [6.45, 7) is 1.97. The maximum atomic E-state index is 13.0. The number of thiophene rings is 1. The van der Waals surface area contributed by atoms with Crippen molar-refractivity contribution in [3.63, 3.8) is 0 Å². The summed E-state index contributed by atoms with van der Waals surface area (Å²) in [5, 5.41) is 12.7. The number of thiazole rings is 1. The first-order valence-electron chi connectivity index (χ1n) is 8.20. The number of hydrogen-bond acceptors (Lipinski definition) is 7. The predicted octanol–water partition coefficient (Wildman–Crippen LogP) is 4.56. The molecule has 10 heteroatoms. The number of aryl methyl sites for hydroxylation is 1. The van der Waals surface area contributed by atoms with Gasteiger partial charge in [0.2, 0.25) is 11.7 Å². The van der Waals surface area contributed by atoms with Gasteiger partial charge >= 0.3 is 5.97 Å². The van der Waals surface area contributed by atoms with Crippen LogP contribution in [-0.4, -0.2) is 39.3 Å². The Morgan fingerprint density at radius 3 is 2.71 bits per heavy atom. The molecule has 0 aliphatic heterocycles. The summed E-state index contributed by atoms with van der Waals surface area (Å²) in [6, 6.07) is 7.04. The smallest absolute Gasteiger partial charge is 0.313 e. The van der Waals surface area contributed by atoms with Gasteiger partial charge in [-0.05, 0) is 30.7 Å². The van der Waals surface area contributed by atoms with Crippen LogP contribution < -0.4 is 5.32 Å². The van der Waals surface area contributed by atoms with Gasteiger partial charge in [0.15, 0.2) is 5.01 Å². The number of ketones is 1. The van der Waals surface area contributed by atoms with Crippen LogP contribution in [-0.2, 0) is 16.0 Å². The molecular weight excluding hydrogens is 440 g/mol. The summed E-state index contributed by atoms with van der Waals surface area (Å²) in [5.41, 5.74) is 1.05. The number of carbonyl (C=O) groups is 3. The lowest BCUT2D eigenvalue weighted by Crippen LogP contribution is -2.16. The van der Waals surface area contributed by atoms with Crippen molar-refractivity contribution in [1.29, 1.82) is 0 Å². The Morgan fingerprint density at radius 1 is 1.21 bits per heavy atom. The highest BCUT2D eigenvalue weighted by atomic mass is 35.5. The number of fused-ring (bicyclic) bond motifs is 1. The van der Waals surface area contributed by atoms with Gasteiger partial charge in [0, 0.05) is 9.90 Å². The minimum absolute atomic E-state index is 0.00107. The number of aromatic nitrogens is 1. The topological polar surface area (TPSA) is 96.4 Å². The molecule has 3 aromatic rings. The third-order valence-electron chi connectivity index (χ3n) is 3.63. The Bertz CT molecular complexity index is 1060. The van der Waals surface area contributed by atoms with Crippen LogP contribution in [0.25, 0.3) is 10.2 Å². The van der Waals surface area contributed by atoms with Crippen LogP contribution in [0.4, 0.5) is 5.00 Å². The van der Waals surface area contributed by atoms with E-state index in [1.807, 2.05) is 13.0 Å². The largest absolute Gasteiger partial charge is 0.481 e. The summed E-state index contributed by atoms with van der Waals surface area (Å²) in [4.78, 5) is 41.1. The Morgan fingerprint density at radius 2 is 2.00 bits per heavy atom. The summed E-state index contributed by atoms with van der Waals surface area (Å²) in [7, 11) is 0. The molecule has 2 aromatic heterocycles. The lowest BCUT2D eigenvalue weighted by atomic mass is 10.2. The molecule has 0 fully saturated rings. The lowest BCUT2D eigenvalue weighted by Gasteiger charge is -2.04. The first-order valence-corrected chi connectivity index (χ1v) is 11.4. The molecule has 3 rings (SSSR count). The molecule has 0 saturated carbocycles. The first kappa shape index (κ1) is 20.8. The molecule has 1 aromatic carbocycles. The number of nitrogens with zero attached hydrogens (tertiary/aromatic N) is 1. The van der Waals surface area contributed by atoms with Gasteiger partial charge in [-0.15, -0.1) is 34.4 Å². The minimum atomic E-state index is -0.978. The highest BCUT2D eigenvalue weighted by Gasteiger charge is 2.22. The number of carbonyl (C=O) groups excluding carboxylic acids is 2. The first-order chi connectivity index (χ1) is 13.4. The van der Waals surface area contributed by atoms with Gasteiger partial charge in [0.1, 0.15) is 5.00 Å². The van der Waals surface area contributed by atoms with Crippen molar-refractivity contribution in [2.24, 2.45) is 0 Å². The Labute approximate surface area is 177 Å². The van der Waals surface area contributed by atoms with Gasteiger partial charge in [-0.1, -0.05) is 18.5 Å². The fourth-order valence-electron chi connectivity index (χ4n) is 2.38. The summed E-state index contributed by atoms with van der Waals surface area (Å²) < 4.78 is 0.856.